The van der Waals surface area contributed by atoms with E-state index in [1.165, 1.54) is 6.07 Å². The Kier molecular flexibility index (Phi) is 3.43. The van der Waals surface area contributed by atoms with Crippen LogP contribution < -0.4 is 10.2 Å². The van der Waals surface area contributed by atoms with Crippen LogP contribution in [0.4, 0.5) is 10.1 Å². The van der Waals surface area contributed by atoms with Gasteiger partial charge in [0.2, 0.25) is 5.91 Å². The Morgan fingerprint density at radius 3 is 2.88 bits per heavy atom. The number of nitrogens with one attached hydrogen (secondary N) is 1. The zero-order chi connectivity index (χ0) is 12.4. The Hall–Kier alpha value is -1.42. The van der Waals surface area contributed by atoms with E-state index < -0.39 is 0 Å². The molecule has 4 heteroatoms. The second-order valence-electron chi connectivity index (χ2n) is 4.43. The molecule has 0 aromatic heterocycles. The molecule has 3 nitrogen and oxygen atoms in total. The number of likely N-dealkylation sites (N-methyl/N-ethyl adjacent to an activating group) is 1. The molecule has 0 saturated carbocycles. The third-order valence-electron chi connectivity index (χ3n) is 3.18. The van der Waals surface area contributed by atoms with E-state index in [4.69, 9.17) is 0 Å². The minimum absolute atomic E-state index is 0.0403. The average Bonchev–Trinajstić information content (AvgIpc) is 2.30. The summed E-state index contributed by atoms with van der Waals surface area (Å²) in [5.74, 6) is -0.364. The van der Waals surface area contributed by atoms with Crippen LogP contribution in [0.5, 0.6) is 0 Å². The molecule has 1 amide bonds. The average molecular weight is 236 g/mol. The lowest BCUT2D eigenvalue weighted by Gasteiger charge is -2.32. The standard InChI is InChI=1S/C13H17FN2O/c1-9-5-6-12(10(14)8-9)16-7-3-4-11(15-2)13(16)17/h5-6,8,11,15H,3-4,7H2,1-2H3. The molecule has 1 atom stereocenters. The summed E-state index contributed by atoms with van der Waals surface area (Å²) in [5, 5.41) is 2.97. The molecule has 1 aliphatic rings. The number of amides is 1. The first kappa shape index (κ1) is 12.0. The highest BCUT2D eigenvalue weighted by Gasteiger charge is 2.29. The Bertz CT molecular complexity index is 433. The van der Waals surface area contributed by atoms with Crippen LogP contribution in [-0.2, 0) is 4.79 Å². The van der Waals surface area contributed by atoms with Gasteiger partial charge in [0, 0.05) is 6.54 Å². The molecule has 1 aromatic carbocycles. The van der Waals surface area contributed by atoms with Crippen molar-refractivity contribution >= 4 is 11.6 Å². The van der Waals surface area contributed by atoms with Crippen LogP contribution in [0, 0.1) is 12.7 Å². The third-order valence-corrected chi connectivity index (χ3v) is 3.18. The van der Waals surface area contributed by atoms with Gasteiger partial charge in [-0.05, 0) is 44.5 Å². The van der Waals surface area contributed by atoms with Gasteiger partial charge in [0.15, 0.2) is 0 Å². The van der Waals surface area contributed by atoms with Crippen molar-refractivity contribution < 1.29 is 9.18 Å². The van der Waals surface area contributed by atoms with Crippen LogP contribution in [0.1, 0.15) is 18.4 Å². The SMILES string of the molecule is CNC1CCCN(c2ccc(C)cc2F)C1=O. The van der Waals surface area contributed by atoms with Crippen molar-refractivity contribution in [2.24, 2.45) is 0 Å². The highest BCUT2D eigenvalue weighted by molar-refractivity contribution is 5.98. The number of carbonyl (C=O) groups is 1. The number of rotatable bonds is 2. The first-order valence-electron chi connectivity index (χ1n) is 5.88. The van der Waals surface area contributed by atoms with Gasteiger partial charge >= 0.3 is 0 Å². The monoisotopic (exact) mass is 236 g/mol. The number of benzene rings is 1. The van der Waals surface area contributed by atoms with Gasteiger partial charge in [-0.1, -0.05) is 6.07 Å². The Morgan fingerprint density at radius 1 is 1.47 bits per heavy atom. The molecule has 1 N–H and O–H groups in total. The molecule has 1 aliphatic heterocycles. The predicted octanol–water partition coefficient (Wildman–Crippen LogP) is 1.85. The topological polar surface area (TPSA) is 32.3 Å². The van der Waals surface area contributed by atoms with Crippen LogP contribution in [-0.4, -0.2) is 25.5 Å². The number of hydrogen-bond acceptors (Lipinski definition) is 2. The summed E-state index contributed by atoms with van der Waals surface area (Å²) in [6.45, 7) is 2.43. The van der Waals surface area contributed by atoms with E-state index in [2.05, 4.69) is 5.32 Å². The fraction of sp³-hybridized carbons (Fsp3) is 0.462. The fourth-order valence-corrected chi connectivity index (χ4v) is 2.21. The van der Waals surface area contributed by atoms with E-state index in [1.807, 2.05) is 13.0 Å². The van der Waals surface area contributed by atoms with E-state index in [0.717, 1.165) is 18.4 Å². The van der Waals surface area contributed by atoms with Crippen LogP contribution in [0.2, 0.25) is 0 Å². The van der Waals surface area contributed by atoms with Crippen molar-refractivity contribution in [1.29, 1.82) is 0 Å². The zero-order valence-corrected chi connectivity index (χ0v) is 10.2. The smallest absolute Gasteiger partial charge is 0.244 e. The zero-order valence-electron chi connectivity index (χ0n) is 10.2. The predicted molar refractivity (Wildman–Crippen MR) is 65.6 cm³/mol. The lowest BCUT2D eigenvalue weighted by Crippen LogP contribution is -2.50. The van der Waals surface area contributed by atoms with Crippen LogP contribution in [0.25, 0.3) is 0 Å². The second-order valence-corrected chi connectivity index (χ2v) is 4.43. The molecular formula is C13H17FN2O. The molecule has 1 aromatic rings. The number of hydrogen-bond donors (Lipinski definition) is 1. The Labute approximate surface area is 101 Å². The normalized spacial score (nSPS) is 20.8. The van der Waals surface area contributed by atoms with Gasteiger partial charge < -0.3 is 10.2 Å². The second kappa shape index (κ2) is 4.84. The van der Waals surface area contributed by atoms with Crippen molar-refractivity contribution in [2.75, 3.05) is 18.5 Å². The molecule has 2 rings (SSSR count). The Morgan fingerprint density at radius 2 is 2.24 bits per heavy atom. The molecule has 92 valence electrons. The van der Waals surface area contributed by atoms with Gasteiger partial charge in [-0.2, -0.15) is 0 Å². The van der Waals surface area contributed by atoms with Gasteiger partial charge in [0.25, 0.3) is 0 Å². The highest BCUT2D eigenvalue weighted by Crippen LogP contribution is 2.24. The van der Waals surface area contributed by atoms with Crippen molar-refractivity contribution in [1.82, 2.24) is 5.32 Å². The van der Waals surface area contributed by atoms with E-state index in [0.29, 0.717) is 12.2 Å². The molecular weight excluding hydrogens is 219 g/mol. The van der Waals surface area contributed by atoms with Crippen molar-refractivity contribution in [3.05, 3.63) is 29.6 Å². The maximum absolute atomic E-state index is 13.8. The van der Waals surface area contributed by atoms with Gasteiger partial charge in [0.1, 0.15) is 5.82 Å². The largest absolute Gasteiger partial charge is 0.309 e. The number of anilines is 1. The molecule has 1 unspecified atom stereocenters. The van der Waals surface area contributed by atoms with Crippen LogP contribution in [0.15, 0.2) is 18.2 Å². The maximum Gasteiger partial charge on any atom is 0.244 e. The van der Waals surface area contributed by atoms with Crippen LogP contribution >= 0.6 is 0 Å². The third kappa shape index (κ3) is 2.31. The summed E-state index contributed by atoms with van der Waals surface area (Å²) >= 11 is 0. The van der Waals surface area contributed by atoms with Gasteiger partial charge in [-0.3, -0.25) is 4.79 Å². The number of piperidine rings is 1. The molecule has 1 fully saturated rings. The lowest BCUT2D eigenvalue weighted by atomic mass is 10.0. The van der Waals surface area contributed by atoms with Crippen molar-refractivity contribution in [3.8, 4) is 0 Å². The number of carbonyl (C=O) groups excluding carboxylic acids is 1. The van der Waals surface area contributed by atoms with E-state index in [-0.39, 0.29) is 17.8 Å². The minimum Gasteiger partial charge on any atom is -0.309 e. The number of aryl methyl sites for hydroxylation is 1. The molecule has 0 spiro atoms. The minimum atomic E-state index is -0.324. The van der Waals surface area contributed by atoms with E-state index >= 15 is 0 Å². The quantitative estimate of drug-likeness (QED) is 0.850. The first-order chi connectivity index (χ1) is 8.13. The summed E-state index contributed by atoms with van der Waals surface area (Å²) in [6, 6.07) is 4.78. The van der Waals surface area contributed by atoms with Gasteiger partial charge in [-0.15, -0.1) is 0 Å². The summed E-state index contributed by atoms with van der Waals surface area (Å²) < 4.78 is 13.8. The summed E-state index contributed by atoms with van der Waals surface area (Å²) in [7, 11) is 1.76. The fourth-order valence-electron chi connectivity index (χ4n) is 2.21. The lowest BCUT2D eigenvalue weighted by molar-refractivity contribution is -0.121. The summed E-state index contributed by atoms with van der Waals surface area (Å²) in [4.78, 5) is 13.6. The molecule has 0 bridgehead atoms. The molecule has 0 aliphatic carbocycles. The molecule has 17 heavy (non-hydrogen) atoms. The highest BCUT2D eigenvalue weighted by atomic mass is 19.1. The Balaban J connectivity index is 2.29. The van der Waals surface area contributed by atoms with E-state index in [9.17, 15) is 9.18 Å². The summed E-state index contributed by atoms with van der Waals surface area (Å²) in [6.07, 6.45) is 1.71. The van der Waals surface area contributed by atoms with Gasteiger partial charge in [-0.25, -0.2) is 4.39 Å². The molecule has 1 heterocycles. The van der Waals surface area contributed by atoms with Crippen molar-refractivity contribution in [2.45, 2.75) is 25.8 Å². The maximum atomic E-state index is 13.8. The molecule has 0 radical (unpaired) electrons. The van der Waals surface area contributed by atoms with Crippen LogP contribution in [0.3, 0.4) is 0 Å². The van der Waals surface area contributed by atoms with Crippen molar-refractivity contribution in [3.63, 3.8) is 0 Å². The molecule has 1 saturated heterocycles. The van der Waals surface area contributed by atoms with Gasteiger partial charge in [0.05, 0.1) is 11.7 Å². The number of halogens is 1. The first-order valence-corrected chi connectivity index (χ1v) is 5.88. The van der Waals surface area contributed by atoms with E-state index in [1.54, 1.807) is 18.0 Å². The number of nitrogens with zero attached hydrogens (tertiary/aromatic N) is 1. The summed E-state index contributed by atoms with van der Waals surface area (Å²) in [5.41, 5.74) is 1.25.